The Morgan fingerprint density at radius 1 is 1.50 bits per heavy atom. The van der Waals surface area contributed by atoms with Crippen molar-refractivity contribution in [2.45, 2.75) is 27.2 Å². The minimum Gasteiger partial charge on any atom is -0.459 e. The van der Waals surface area contributed by atoms with Gasteiger partial charge in [-0.25, -0.2) is 0 Å². The van der Waals surface area contributed by atoms with E-state index in [0.717, 1.165) is 23.4 Å². The van der Waals surface area contributed by atoms with Gasteiger partial charge in [0.25, 0.3) is 0 Å². The van der Waals surface area contributed by atoms with E-state index in [4.69, 9.17) is 4.42 Å². The van der Waals surface area contributed by atoms with Crippen LogP contribution in [0.4, 0.5) is 0 Å². The van der Waals surface area contributed by atoms with Crippen molar-refractivity contribution in [3.8, 4) is 0 Å². The van der Waals surface area contributed by atoms with Gasteiger partial charge in [-0.3, -0.25) is 4.79 Å². The Morgan fingerprint density at radius 2 is 2.25 bits per heavy atom. The molecule has 0 saturated heterocycles. The van der Waals surface area contributed by atoms with Gasteiger partial charge in [-0.15, -0.1) is 0 Å². The van der Waals surface area contributed by atoms with Gasteiger partial charge < -0.3 is 4.42 Å². The number of hydrogen-bond acceptors (Lipinski definition) is 3. The molecule has 0 aromatic carbocycles. The van der Waals surface area contributed by atoms with Crippen molar-refractivity contribution in [3.05, 3.63) is 41.1 Å². The second kappa shape index (κ2) is 3.96. The minimum atomic E-state index is -0.217. The molecule has 2 heterocycles. The summed E-state index contributed by atoms with van der Waals surface area (Å²) >= 11 is 0. The molecule has 0 fully saturated rings. The van der Waals surface area contributed by atoms with Crippen LogP contribution in [0.15, 0.2) is 22.8 Å². The molecule has 0 bridgehead atoms. The molecule has 0 atom stereocenters. The third-order valence-electron chi connectivity index (χ3n) is 2.72. The van der Waals surface area contributed by atoms with Crippen LogP contribution in [-0.4, -0.2) is 15.7 Å². The van der Waals surface area contributed by atoms with Crippen molar-refractivity contribution < 1.29 is 9.21 Å². The van der Waals surface area contributed by atoms with Gasteiger partial charge in [-0.2, -0.15) is 9.78 Å². The fourth-order valence-electron chi connectivity index (χ4n) is 1.89. The lowest BCUT2D eigenvalue weighted by Crippen LogP contribution is -2.14. The number of aromatic nitrogens is 2. The molecule has 4 heteroatoms. The molecule has 2 aromatic heterocycles. The number of nitrogens with zero attached hydrogens (tertiary/aromatic N) is 2. The standard InChI is InChI=1S/C12H14N2O2/c1-4-10-8(2)13-14(9(10)3)12(15)11-6-5-7-16-11/h5-7H,4H2,1-3H3. The average Bonchev–Trinajstić information content (AvgIpc) is 2.86. The molecule has 2 aromatic rings. The monoisotopic (exact) mass is 218 g/mol. The van der Waals surface area contributed by atoms with E-state index in [1.54, 1.807) is 12.1 Å². The maximum atomic E-state index is 12.0. The van der Waals surface area contributed by atoms with Crippen LogP contribution >= 0.6 is 0 Å². The molecule has 16 heavy (non-hydrogen) atoms. The molecule has 0 aliphatic carbocycles. The summed E-state index contributed by atoms with van der Waals surface area (Å²) in [4.78, 5) is 12.0. The van der Waals surface area contributed by atoms with Gasteiger partial charge in [0.05, 0.1) is 12.0 Å². The Labute approximate surface area is 93.9 Å². The summed E-state index contributed by atoms with van der Waals surface area (Å²) in [5.74, 6) is 0.0959. The van der Waals surface area contributed by atoms with Crippen molar-refractivity contribution in [2.24, 2.45) is 0 Å². The van der Waals surface area contributed by atoms with E-state index >= 15 is 0 Å². The molecule has 0 aliphatic rings. The largest absolute Gasteiger partial charge is 0.459 e. The normalized spacial score (nSPS) is 10.7. The minimum absolute atomic E-state index is 0.217. The van der Waals surface area contributed by atoms with E-state index < -0.39 is 0 Å². The summed E-state index contributed by atoms with van der Waals surface area (Å²) in [5, 5.41) is 4.24. The zero-order valence-corrected chi connectivity index (χ0v) is 9.65. The van der Waals surface area contributed by atoms with Crippen molar-refractivity contribution in [1.82, 2.24) is 9.78 Å². The first kappa shape index (κ1) is 10.7. The second-order valence-electron chi connectivity index (χ2n) is 3.70. The van der Waals surface area contributed by atoms with Crippen molar-refractivity contribution in [2.75, 3.05) is 0 Å². The van der Waals surface area contributed by atoms with Crippen molar-refractivity contribution in [3.63, 3.8) is 0 Å². The summed E-state index contributed by atoms with van der Waals surface area (Å²) in [5.41, 5.74) is 2.92. The quantitative estimate of drug-likeness (QED) is 0.777. The van der Waals surface area contributed by atoms with E-state index in [0.29, 0.717) is 5.76 Å². The maximum Gasteiger partial charge on any atom is 0.314 e. The second-order valence-corrected chi connectivity index (χ2v) is 3.70. The third kappa shape index (κ3) is 1.56. The van der Waals surface area contributed by atoms with Gasteiger partial charge in [-0.1, -0.05) is 6.92 Å². The van der Waals surface area contributed by atoms with E-state index in [9.17, 15) is 4.79 Å². The van der Waals surface area contributed by atoms with Gasteiger partial charge in [0.1, 0.15) is 0 Å². The molecule has 0 radical (unpaired) electrons. The van der Waals surface area contributed by atoms with Crippen molar-refractivity contribution >= 4 is 5.91 Å². The average molecular weight is 218 g/mol. The summed E-state index contributed by atoms with van der Waals surface area (Å²) in [6, 6.07) is 3.34. The first-order valence-electron chi connectivity index (χ1n) is 5.28. The number of hydrogen-bond donors (Lipinski definition) is 0. The SMILES string of the molecule is CCc1c(C)nn(C(=O)c2ccco2)c1C. The van der Waals surface area contributed by atoms with Crippen LogP contribution in [0.5, 0.6) is 0 Å². The fraction of sp³-hybridized carbons (Fsp3) is 0.333. The van der Waals surface area contributed by atoms with Crippen LogP contribution in [-0.2, 0) is 6.42 Å². The van der Waals surface area contributed by atoms with Gasteiger partial charge >= 0.3 is 5.91 Å². The number of carbonyl (C=O) groups is 1. The predicted octanol–water partition coefficient (Wildman–Crippen LogP) is 2.34. The topological polar surface area (TPSA) is 48.0 Å². The Kier molecular flexibility index (Phi) is 2.64. The highest BCUT2D eigenvalue weighted by Gasteiger charge is 2.18. The van der Waals surface area contributed by atoms with Crippen LogP contribution < -0.4 is 0 Å². The van der Waals surface area contributed by atoms with Crippen LogP contribution in [0, 0.1) is 13.8 Å². The number of furan rings is 1. The molecule has 2 rings (SSSR count). The molecule has 0 unspecified atom stereocenters. The summed E-state index contributed by atoms with van der Waals surface area (Å²) in [7, 11) is 0. The first-order chi connectivity index (χ1) is 7.65. The van der Waals surface area contributed by atoms with Gasteiger partial charge in [0, 0.05) is 5.69 Å². The molecule has 0 amide bonds. The number of aryl methyl sites for hydroxylation is 1. The maximum absolute atomic E-state index is 12.0. The molecular weight excluding hydrogens is 204 g/mol. The number of rotatable bonds is 2. The zero-order valence-electron chi connectivity index (χ0n) is 9.65. The predicted molar refractivity (Wildman–Crippen MR) is 59.5 cm³/mol. The lowest BCUT2D eigenvalue weighted by molar-refractivity contribution is 0.0914. The van der Waals surface area contributed by atoms with E-state index in [1.807, 2.05) is 13.8 Å². The van der Waals surface area contributed by atoms with Crippen LogP contribution in [0.3, 0.4) is 0 Å². The highest BCUT2D eigenvalue weighted by molar-refractivity contribution is 5.93. The first-order valence-corrected chi connectivity index (χ1v) is 5.28. The molecule has 0 aliphatic heterocycles. The molecule has 0 saturated carbocycles. The molecule has 4 nitrogen and oxygen atoms in total. The summed E-state index contributed by atoms with van der Waals surface area (Å²) in [6.45, 7) is 5.87. The van der Waals surface area contributed by atoms with Gasteiger partial charge in [0.2, 0.25) is 0 Å². The van der Waals surface area contributed by atoms with E-state index in [2.05, 4.69) is 12.0 Å². The smallest absolute Gasteiger partial charge is 0.314 e. The third-order valence-corrected chi connectivity index (χ3v) is 2.72. The van der Waals surface area contributed by atoms with Crippen LogP contribution in [0.25, 0.3) is 0 Å². The Hall–Kier alpha value is -1.84. The van der Waals surface area contributed by atoms with Crippen LogP contribution in [0.2, 0.25) is 0 Å². The Bertz CT molecular complexity index is 509. The summed E-state index contributed by atoms with van der Waals surface area (Å²) in [6.07, 6.45) is 2.36. The Morgan fingerprint density at radius 3 is 2.75 bits per heavy atom. The van der Waals surface area contributed by atoms with Crippen molar-refractivity contribution in [1.29, 1.82) is 0 Å². The van der Waals surface area contributed by atoms with E-state index in [1.165, 1.54) is 10.9 Å². The molecular formula is C12H14N2O2. The van der Waals surface area contributed by atoms with Crippen LogP contribution in [0.1, 0.15) is 34.4 Å². The lowest BCUT2D eigenvalue weighted by Gasteiger charge is -2.00. The highest BCUT2D eigenvalue weighted by Crippen LogP contribution is 2.15. The summed E-state index contributed by atoms with van der Waals surface area (Å²) < 4.78 is 6.49. The molecule has 0 spiro atoms. The Balaban J connectivity index is 2.46. The highest BCUT2D eigenvalue weighted by atomic mass is 16.3. The fourth-order valence-corrected chi connectivity index (χ4v) is 1.89. The number of carbonyl (C=O) groups excluding carboxylic acids is 1. The molecule has 0 N–H and O–H groups in total. The zero-order chi connectivity index (χ0) is 11.7. The molecule has 84 valence electrons. The van der Waals surface area contributed by atoms with Gasteiger partial charge in [-0.05, 0) is 38.0 Å². The van der Waals surface area contributed by atoms with Gasteiger partial charge in [0.15, 0.2) is 5.76 Å². The lowest BCUT2D eigenvalue weighted by atomic mass is 10.1. The van der Waals surface area contributed by atoms with E-state index in [-0.39, 0.29) is 5.91 Å².